The van der Waals surface area contributed by atoms with Crippen LogP contribution in [0.2, 0.25) is 0 Å². The van der Waals surface area contributed by atoms with E-state index in [0.29, 0.717) is 12.6 Å². The summed E-state index contributed by atoms with van der Waals surface area (Å²) in [6.07, 6.45) is 1.81. The van der Waals surface area contributed by atoms with E-state index in [4.69, 9.17) is 5.73 Å². The molecule has 0 radical (unpaired) electrons. The number of fused-ring (bicyclic) bond motifs is 1. The van der Waals surface area contributed by atoms with Gasteiger partial charge < -0.3 is 16.0 Å². The number of hydrogen-bond donors (Lipinski definition) is 2. The third-order valence-electron chi connectivity index (χ3n) is 3.81. The van der Waals surface area contributed by atoms with Crippen molar-refractivity contribution in [3.8, 4) is 0 Å². The SMILES string of the molecule is NCc1cc(CN2CCN3C(=O)NCC3C2)ccn1. The number of nitrogens with zero attached hydrogens (tertiary/aromatic N) is 3. The number of hydrogen-bond acceptors (Lipinski definition) is 4. The molecule has 102 valence electrons. The van der Waals surface area contributed by atoms with Crippen molar-refractivity contribution in [2.75, 3.05) is 26.2 Å². The van der Waals surface area contributed by atoms with Crippen LogP contribution in [0.25, 0.3) is 0 Å². The zero-order valence-electron chi connectivity index (χ0n) is 10.9. The molecule has 0 aliphatic carbocycles. The Balaban J connectivity index is 1.63. The molecule has 3 N–H and O–H groups in total. The summed E-state index contributed by atoms with van der Waals surface area (Å²) in [4.78, 5) is 20.1. The first kappa shape index (κ1) is 12.4. The van der Waals surface area contributed by atoms with Gasteiger partial charge in [0.2, 0.25) is 0 Å². The normalized spacial score (nSPS) is 23.3. The molecule has 2 aliphatic heterocycles. The number of pyridine rings is 1. The maximum Gasteiger partial charge on any atom is 0.317 e. The summed E-state index contributed by atoms with van der Waals surface area (Å²) in [6.45, 7) is 4.80. The molecule has 6 heteroatoms. The van der Waals surface area contributed by atoms with Gasteiger partial charge in [-0.05, 0) is 17.7 Å². The highest BCUT2D eigenvalue weighted by molar-refractivity contribution is 5.77. The second kappa shape index (κ2) is 5.14. The Hall–Kier alpha value is -1.66. The lowest BCUT2D eigenvalue weighted by Gasteiger charge is -2.36. The second-order valence-electron chi connectivity index (χ2n) is 5.13. The fraction of sp³-hybridized carbons (Fsp3) is 0.538. The first-order valence-electron chi connectivity index (χ1n) is 6.67. The number of nitrogens with one attached hydrogen (secondary N) is 1. The first-order valence-corrected chi connectivity index (χ1v) is 6.67. The van der Waals surface area contributed by atoms with Gasteiger partial charge in [-0.3, -0.25) is 9.88 Å². The highest BCUT2D eigenvalue weighted by Crippen LogP contribution is 2.16. The van der Waals surface area contributed by atoms with Crippen LogP contribution < -0.4 is 11.1 Å². The van der Waals surface area contributed by atoms with Crippen molar-refractivity contribution in [1.82, 2.24) is 20.1 Å². The molecule has 1 aromatic rings. The average molecular weight is 261 g/mol. The Kier molecular flexibility index (Phi) is 3.35. The van der Waals surface area contributed by atoms with Gasteiger partial charge in [0, 0.05) is 45.5 Å². The molecule has 19 heavy (non-hydrogen) atoms. The van der Waals surface area contributed by atoms with Gasteiger partial charge in [-0.1, -0.05) is 0 Å². The zero-order valence-corrected chi connectivity index (χ0v) is 10.9. The van der Waals surface area contributed by atoms with Crippen LogP contribution in [0, 0.1) is 0 Å². The molecule has 0 saturated carbocycles. The van der Waals surface area contributed by atoms with Gasteiger partial charge in [0.05, 0.1) is 11.7 Å². The standard InChI is InChI=1S/C13H19N5O/c14-6-11-5-10(1-2-15-11)8-17-3-4-18-12(9-17)7-16-13(18)19/h1-2,5,12H,3-4,6-9,14H2,(H,16,19). The van der Waals surface area contributed by atoms with Gasteiger partial charge in [0.15, 0.2) is 0 Å². The molecule has 2 amide bonds. The molecular weight excluding hydrogens is 242 g/mol. The van der Waals surface area contributed by atoms with E-state index < -0.39 is 0 Å². The Morgan fingerprint density at radius 1 is 1.47 bits per heavy atom. The molecule has 2 fully saturated rings. The minimum atomic E-state index is 0.0824. The van der Waals surface area contributed by atoms with Gasteiger partial charge >= 0.3 is 6.03 Å². The Morgan fingerprint density at radius 2 is 2.37 bits per heavy atom. The zero-order chi connectivity index (χ0) is 13.2. The van der Waals surface area contributed by atoms with Crippen LogP contribution >= 0.6 is 0 Å². The molecule has 3 heterocycles. The lowest BCUT2D eigenvalue weighted by atomic mass is 10.1. The number of piperazine rings is 1. The number of carbonyl (C=O) groups excluding carboxylic acids is 1. The monoisotopic (exact) mass is 261 g/mol. The summed E-state index contributed by atoms with van der Waals surface area (Å²) in [6, 6.07) is 4.49. The summed E-state index contributed by atoms with van der Waals surface area (Å²) >= 11 is 0. The minimum Gasteiger partial charge on any atom is -0.336 e. The van der Waals surface area contributed by atoms with E-state index in [0.717, 1.165) is 38.4 Å². The number of carbonyl (C=O) groups is 1. The highest BCUT2D eigenvalue weighted by atomic mass is 16.2. The summed E-state index contributed by atoms with van der Waals surface area (Å²) in [7, 11) is 0. The molecule has 0 aromatic carbocycles. The van der Waals surface area contributed by atoms with Gasteiger partial charge in [-0.25, -0.2) is 4.79 Å². The van der Waals surface area contributed by atoms with Crippen molar-refractivity contribution in [2.45, 2.75) is 19.1 Å². The van der Waals surface area contributed by atoms with Crippen molar-refractivity contribution in [1.29, 1.82) is 0 Å². The lowest BCUT2D eigenvalue weighted by Crippen LogP contribution is -2.51. The second-order valence-corrected chi connectivity index (χ2v) is 5.13. The summed E-state index contributed by atoms with van der Waals surface area (Å²) in [5, 5.41) is 2.90. The third kappa shape index (κ3) is 2.54. The molecular formula is C13H19N5O. The van der Waals surface area contributed by atoms with E-state index >= 15 is 0 Å². The van der Waals surface area contributed by atoms with E-state index in [1.807, 2.05) is 17.2 Å². The van der Waals surface area contributed by atoms with E-state index in [1.54, 1.807) is 0 Å². The smallest absolute Gasteiger partial charge is 0.317 e. The van der Waals surface area contributed by atoms with E-state index in [-0.39, 0.29) is 6.03 Å². The van der Waals surface area contributed by atoms with Crippen LogP contribution in [0.15, 0.2) is 18.3 Å². The molecule has 1 atom stereocenters. The van der Waals surface area contributed by atoms with E-state index in [1.165, 1.54) is 5.56 Å². The topological polar surface area (TPSA) is 74.5 Å². The van der Waals surface area contributed by atoms with Crippen LogP contribution in [-0.4, -0.2) is 53.0 Å². The number of urea groups is 1. The van der Waals surface area contributed by atoms with Crippen LogP contribution in [0.4, 0.5) is 4.79 Å². The molecule has 2 aliphatic rings. The fourth-order valence-corrected chi connectivity index (χ4v) is 2.81. The summed E-state index contributed by atoms with van der Waals surface area (Å²) in [5.41, 5.74) is 7.77. The van der Waals surface area contributed by atoms with Crippen molar-refractivity contribution in [3.63, 3.8) is 0 Å². The van der Waals surface area contributed by atoms with Gasteiger partial charge in [-0.15, -0.1) is 0 Å². The van der Waals surface area contributed by atoms with Crippen LogP contribution in [-0.2, 0) is 13.1 Å². The number of rotatable bonds is 3. The molecule has 1 unspecified atom stereocenters. The fourth-order valence-electron chi connectivity index (χ4n) is 2.81. The van der Waals surface area contributed by atoms with Crippen LogP contribution in [0.1, 0.15) is 11.3 Å². The highest BCUT2D eigenvalue weighted by Gasteiger charge is 2.35. The molecule has 2 saturated heterocycles. The van der Waals surface area contributed by atoms with Crippen LogP contribution in [0.3, 0.4) is 0 Å². The Bertz CT molecular complexity index is 478. The average Bonchev–Trinajstić information content (AvgIpc) is 2.80. The van der Waals surface area contributed by atoms with Crippen molar-refractivity contribution in [3.05, 3.63) is 29.6 Å². The number of nitrogens with two attached hydrogens (primary N) is 1. The number of aromatic nitrogens is 1. The number of amides is 2. The quantitative estimate of drug-likeness (QED) is 0.787. The van der Waals surface area contributed by atoms with Crippen molar-refractivity contribution < 1.29 is 4.79 Å². The van der Waals surface area contributed by atoms with E-state index in [9.17, 15) is 4.79 Å². The minimum absolute atomic E-state index is 0.0824. The molecule has 6 nitrogen and oxygen atoms in total. The molecule has 0 spiro atoms. The largest absolute Gasteiger partial charge is 0.336 e. The van der Waals surface area contributed by atoms with Crippen LogP contribution in [0.5, 0.6) is 0 Å². The molecule has 0 bridgehead atoms. The van der Waals surface area contributed by atoms with Gasteiger partial charge in [-0.2, -0.15) is 0 Å². The van der Waals surface area contributed by atoms with Crippen molar-refractivity contribution >= 4 is 6.03 Å². The first-order chi connectivity index (χ1) is 9.26. The lowest BCUT2D eigenvalue weighted by molar-refractivity contribution is 0.116. The summed E-state index contributed by atoms with van der Waals surface area (Å²) in [5.74, 6) is 0. The Morgan fingerprint density at radius 3 is 3.21 bits per heavy atom. The summed E-state index contributed by atoms with van der Waals surface area (Å²) < 4.78 is 0. The maximum atomic E-state index is 11.5. The predicted octanol–water partition coefficient (Wildman–Crippen LogP) is -0.250. The van der Waals surface area contributed by atoms with Gasteiger partial charge in [0.1, 0.15) is 0 Å². The predicted molar refractivity (Wildman–Crippen MR) is 71.3 cm³/mol. The van der Waals surface area contributed by atoms with E-state index in [2.05, 4.69) is 21.3 Å². The maximum absolute atomic E-state index is 11.5. The third-order valence-corrected chi connectivity index (χ3v) is 3.81. The molecule has 3 rings (SSSR count). The molecule has 1 aromatic heterocycles. The van der Waals surface area contributed by atoms with Gasteiger partial charge in [0.25, 0.3) is 0 Å². The van der Waals surface area contributed by atoms with Crippen molar-refractivity contribution in [2.24, 2.45) is 5.73 Å². The Labute approximate surface area is 112 Å².